The van der Waals surface area contributed by atoms with Crippen molar-refractivity contribution in [3.63, 3.8) is 0 Å². The summed E-state index contributed by atoms with van der Waals surface area (Å²) < 4.78 is 9.17. The Morgan fingerprint density at radius 3 is 2.15 bits per heavy atom. The molecule has 0 radical (unpaired) electrons. The SMILES string of the molecule is CCn1c(C)cn(CC(=O)N2CCC(c3cnc(-c4cc(C(C)(C)C)c(OC)c(C(C)(C)C)c4)s3)CC2)c1=O. The van der Waals surface area contributed by atoms with Gasteiger partial charge in [-0.3, -0.25) is 13.9 Å². The number of carbonyl (C=O) groups is 1. The van der Waals surface area contributed by atoms with Gasteiger partial charge in [-0.15, -0.1) is 11.3 Å². The number of ether oxygens (including phenoxy) is 1. The number of aryl methyl sites for hydroxylation is 1. The van der Waals surface area contributed by atoms with Crippen LogP contribution >= 0.6 is 11.3 Å². The van der Waals surface area contributed by atoms with Crippen LogP contribution in [0.3, 0.4) is 0 Å². The van der Waals surface area contributed by atoms with E-state index in [1.807, 2.05) is 24.9 Å². The second-order valence-electron chi connectivity index (χ2n) is 12.8. The topological polar surface area (TPSA) is 69.4 Å². The molecule has 212 valence electrons. The Kier molecular flexibility index (Phi) is 8.18. The molecule has 0 bridgehead atoms. The molecule has 8 heteroatoms. The minimum absolute atomic E-state index is 0.0106. The second-order valence-corrected chi connectivity index (χ2v) is 13.8. The van der Waals surface area contributed by atoms with Gasteiger partial charge in [0.05, 0.1) is 7.11 Å². The van der Waals surface area contributed by atoms with E-state index in [9.17, 15) is 9.59 Å². The van der Waals surface area contributed by atoms with E-state index in [0.717, 1.165) is 34.9 Å². The van der Waals surface area contributed by atoms with Crippen molar-refractivity contribution < 1.29 is 9.53 Å². The number of hydrogen-bond donors (Lipinski definition) is 0. The van der Waals surface area contributed by atoms with Crippen molar-refractivity contribution in [1.29, 1.82) is 0 Å². The maximum Gasteiger partial charge on any atom is 0.328 e. The first-order chi connectivity index (χ1) is 18.2. The Labute approximate surface area is 236 Å². The van der Waals surface area contributed by atoms with Crippen LogP contribution in [0.2, 0.25) is 0 Å². The Bertz CT molecular complexity index is 1360. The summed E-state index contributed by atoms with van der Waals surface area (Å²) in [5.41, 5.74) is 4.16. The van der Waals surface area contributed by atoms with E-state index in [-0.39, 0.29) is 29.0 Å². The van der Waals surface area contributed by atoms with Crippen LogP contribution in [0.15, 0.2) is 29.3 Å². The molecule has 1 aliphatic heterocycles. The van der Waals surface area contributed by atoms with E-state index in [1.165, 1.54) is 20.6 Å². The van der Waals surface area contributed by atoms with Crippen molar-refractivity contribution in [1.82, 2.24) is 19.0 Å². The van der Waals surface area contributed by atoms with Gasteiger partial charge in [0.1, 0.15) is 17.3 Å². The van der Waals surface area contributed by atoms with Crippen molar-refractivity contribution in [2.75, 3.05) is 20.2 Å². The molecule has 0 atom stereocenters. The van der Waals surface area contributed by atoms with Crippen LogP contribution in [0.1, 0.15) is 88.9 Å². The van der Waals surface area contributed by atoms with Crippen LogP contribution in [-0.4, -0.2) is 45.1 Å². The van der Waals surface area contributed by atoms with Gasteiger partial charge < -0.3 is 9.64 Å². The van der Waals surface area contributed by atoms with Crippen molar-refractivity contribution in [3.8, 4) is 16.3 Å². The first-order valence-electron chi connectivity index (χ1n) is 14.0. The molecule has 0 saturated carbocycles. The average Bonchev–Trinajstić information content (AvgIpc) is 3.46. The number of thiazole rings is 1. The lowest BCUT2D eigenvalue weighted by atomic mass is 9.78. The molecule has 3 aromatic rings. The largest absolute Gasteiger partial charge is 0.496 e. The van der Waals surface area contributed by atoms with Crippen LogP contribution < -0.4 is 10.4 Å². The molecule has 3 heterocycles. The number of likely N-dealkylation sites (tertiary alicyclic amines) is 1. The van der Waals surface area contributed by atoms with Crippen molar-refractivity contribution in [2.24, 2.45) is 0 Å². The highest BCUT2D eigenvalue weighted by Gasteiger charge is 2.29. The van der Waals surface area contributed by atoms with E-state index < -0.39 is 0 Å². The number of hydrogen-bond acceptors (Lipinski definition) is 5. The summed E-state index contributed by atoms with van der Waals surface area (Å²) in [6.07, 6.45) is 5.61. The van der Waals surface area contributed by atoms with Gasteiger partial charge in [0.25, 0.3) is 0 Å². The van der Waals surface area contributed by atoms with Crippen LogP contribution in [0.5, 0.6) is 5.75 Å². The number of methoxy groups -OCH3 is 1. The maximum atomic E-state index is 13.0. The van der Waals surface area contributed by atoms with Gasteiger partial charge in [0.15, 0.2) is 0 Å². The molecule has 7 nitrogen and oxygen atoms in total. The van der Waals surface area contributed by atoms with E-state index in [4.69, 9.17) is 9.72 Å². The van der Waals surface area contributed by atoms with Crippen molar-refractivity contribution in [2.45, 2.75) is 98.1 Å². The highest BCUT2D eigenvalue weighted by Crippen LogP contribution is 2.44. The van der Waals surface area contributed by atoms with Gasteiger partial charge in [-0.25, -0.2) is 9.78 Å². The molecule has 0 N–H and O–H groups in total. The zero-order chi connectivity index (χ0) is 28.7. The summed E-state index contributed by atoms with van der Waals surface area (Å²) >= 11 is 1.76. The van der Waals surface area contributed by atoms with Gasteiger partial charge in [-0.2, -0.15) is 0 Å². The van der Waals surface area contributed by atoms with Gasteiger partial charge in [-0.1, -0.05) is 41.5 Å². The molecule has 1 saturated heterocycles. The van der Waals surface area contributed by atoms with E-state index in [2.05, 4.69) is 53.7 Å². The molecule has 2 aromatic heterocycles. The third-order valence-electron chi connectivity index (χ3n) is 7.80. The summed E-state index contributed by atoms with van der Waals surface area (Å²) in [5, 5.41) is 1.03. The lowest BCUT2D eigenvalue weighted by Crippen LogP contribution is -2.41. The summed E-state index contributed by atoms with van der Waals surface area (Å²) in [6.45, 7) is 19.3. The minimum Gasteiger partial charge on any atom is -0.496 e. The van der Waals surface area contributed by atoms with Crippen molar-refractivity contribution >= 4 is 17.2 Å². The fourth-order valence-electron chi connectivity index (χ4n) is 5.51. The average molecular weight is 553 g/mol. The standard InChI is InChI=1S/C31H44N4O3S/c1-10-35-20(2)18-34(29(35)37)19-26(36)33-13-11-21(12-14-33)25-17-32-28(39-25)22-15-23(30(3,4)5)27(38-9)24(16-22)31(6,7)8/h15-18,21H,10-14,19H2,1-9H3. The first-order valence-corrected chi connectivity index (χ1v) is 14.8. The molecule has 0 spiro atoms. The van der Waals surface area contributed by atoms with Crippen molar-refractivity contribution in [3.05, 3.63) is 56.7 Å². The zero-order valence-corrected chi connectivity index (χ0v) is 25.9. The van der Waals surface area contributed by atoms with Crippen LogP contribution in [-0.2, 0) is 28.7 Å². The third-order valence-corrected chi connectivity index (χ3v) is 9.01. The Morgan fingerprint density at radius 1 is 1.08 bits per heavy atom. The summed E-state index contributed by atoms with van der Waals surface area (Å²) in [5.74, 6) is 1.36. The lowest BCUT2D eigenvalue weighted by Gasteiger charge is -2.31. The summed E-state index contributed by atoms with van der Waals surface area (Å²) in [4.78, 5) is 33.5. The number of amides is 1. The van der Waals surface area contributed by atoms with E-state index in [1.54, 1.807) is 29.2 Å². The fourth-order valence-corrected chi connectivity index (χ4v) is 6.58. The third kappa shape index (κ3) is 6.01. The Morgan fingerprint density at radius 2 is 1.67 bits per heavy atom. The summed E-state index contributed by atoms with van der Waals surface area (Å²) in [6, 6.07) is 4.49. The van der Waals surface area contributed by atoms with Gasteiger partial charge >= 0.3 is 5.69 Å². The molecule has 4 rings (SSSR count). The maximum absolute atomic E-state index is 13.0. The molecule has 1 fully saturated rings. The predicted molar refractivity (Wildman–Crippen MR) is 159 cm³/mol. The second kappa shape index (κ2) is 11.0. The van der Waals surface area contributed by atoms with Crippen LogP contribution in [0.25, 0.3) is 10.6 Å². The molecule has 0 unspecified atom stereocenters. The first kappa shape index (κ1) is 29.1. The van der Waals surface area contributed by atoms with Gasteiger partial charge in [0.2, 0.25) is 5.91 Å². The normalized spacial score (nSPS) is 15.2. The molecule has 0 aliphatic carbocycles. The molecular formula is C31H44N4O3S. The number of nitrogens with zero attached hydrogens (tertiary/aromatic N) is 4. The Hall–Kier alpha value is -2.87. The number of piperidine rings is 1. The zero-order valence-electron chi connectivity index (χ0n) is 25.1. The highest BCUT2D eigenvalue weighted by atomic mass is 32.1. The number of imidazole rings is 1. The number of benzene rings is 1. The number of rotatable bonds is 6. The number of carbonyl (C=O) groups excluding carboxylic acids is 1. The quantitative estimate of drug-likeness (QED) is 0.370. The molecule has 1 aromatic carbocycles. The fraction of sp³-hybridized carbons (Fsp3) is 0.581. The molecular weight excluding hydrogens is 508 g/mol. The summed E-state index contributed by atoms with van der Waals surface area (Å²) in [7, 11) is 1.76. The smallest absolute Gasteiger partial charge is 0.328 e. The Balaban J connectivity index is 1.50. The van der Waals surface area contributed by atoms with Crippen LogP contribution in [0.4, 0.5) is 0 Å². The predicted octanol–water partition coefficient (Wildman–Crippen LogP) is 6.11. The lowest BCUT2D eigenvalue weighted by molar-refractivity contribution is -0.132. The molecule has 1 aliphatic rings. The van der Waals surface area contributed by atoms with Gasteiger partial charge in [-0.05, 0) is 55.6 Å². The van der Waals surface area contributed by atoms with Gasteiger partial charge in [0, 0.05) is 59.3 Å². The number of aromatic nitrogens is 3. The minimum atomic E-state index is -0.113. The molecule has 39 heavy (non-hydrogen) atoms. The van der Waals surface area contributed by atoms with E-state index in [0.29, 0.717) is 25.6 Å². The van der Waals surface area contributed by atoms with Crippen LogP contribution in [0, 0.1) is 6.92 Å². The molecule has 1 amide bonds. The monoisotopic (exact) mass is 552 g/mol. The highest BCUT2D eigenvalue weighted by molar-refractivity contribution is 7.15. The van der Waals surface area contributed by atoms with E-state index >= 15 is 0 Å².